The molecule has 0 aromatic heterocycles. The Balaban J connectivity index is 1.68. The molecule has 0 bridgehead atoms. The van der Waals surface area contributed by atoms with E-state index in [1.165, 1.54) is 0 Å². The maximum absolute atomic E-state index is 12.5. The lowest BCUT2D eigenvalue weighted by Gasteiger charge is -2.25. The molecular weight excluding hydrogens is 259 g/mol. The van der Waals surface area contributed by atoms with Gasteiger partial charge in [0.25, 0.3) is 0 Å². The van der Waals surface area contributed by atoms with Crippen LogP contribution in [0.3, 0.4) is 0 Å². The molecule has 0 saturated carbocycles. The standard InChI is InChI=1S/C15H23O3P/c1-2-3-4-5-6-9-12-19(16)17-13-14-10-7-8-11-15(14)18-19/h7-8,10-11H,2-6,9,12-13H2,1H3/i1T,2T. The Morgan fingerprint density at radius 2 is 2.05 bits per heavy atom. The maximum atomic E-state index is 12.5. The summed E-state index contributed by atoms with van der Waals surface area (Å²) in [5.41, 5.74) is 0.945. The van der Waals surface area contributed by atoms with Crippen molar-refractivity contribution in [3.05, 3.63) is 29.8 Å². The van der Waals surface area contributed by atoms with E-state index < -0.39 is 7.60 Å². The summed E-state index contributed by atoms with van der Waals surface area (Å²) in [6, 6.07) is 7.54. The highest BCUT2D eigenvalue weighted by Gasteiger charge is 2.30. The fraction of sp³-hybridized carbons (Fsp3) is 0.600. The number of hydrogen-bond donors (Lipinski definition) is 0. The number of rotatable bonds is 7. The van der Waals surface area contributed by atoms with E-state index in [0.29, 0.717) is 18.5 Å². The van der Waals surface area contributed by atoms with E-state index in [9.17, 15) is 4.57 Å². The van der Waals surface area contributed by atoms with Gasteiger partial charge in [-0.2, -0.15) is 0 Å². The van der Waals surface area contributed by atoms with Crippen LogP contribution in [0.2, 0.25) is 0 Å². The lowest BCUT2D eigenvalue weighted by atomic mass is 10.1. The average Bonchev–Trinajstić information content (AvgIpc) is 2.50. The third kappa shape index (κ3) is 4.36. The fourth-order valence-electron chi connectivity index (χ4n) is 2.11. The maximum Gasteiger partial charge on any atom is 0.379 e. The van der Waals surface area contributed by atoms with Crippen molar-refractivity contribution in [1.82, 2.24) is 0 Å². The van der Waals surface area contributed by atoms with E-state index in [4.69, 9.17) is 11.8 Å². The molecule has 0 amide bonds. The predicted molar refractivity (Wildman–Crippen MR) is 77.7 cm³/mol. The van der Waals surface area contributed by atoms with E-state index >= 15 is 0 Å². The zero-order valence-electron chi connectivity index (χ0n) is 13.2. The van der Waals surface area contributed by atoms with Crippen LogP contribution in [0, 0.1) is 0 Å². The Labute approximate surface area is 118 Å². The van der Waals surface area contributed by atoms with Gasteiger partial charge in [0.2, 0.25) is 0 Å². The number of para-hydroxylation sites is 1. The van der Waals surface area contributed by atoms with Crippen molar-refractivity contribution in [1.29, 1.82) is 0 Å². The molecule has 2 unspecified atom stereocenters. The Hall–Kier alpha value is -0.790. The molecule has 1 aromatic rings. The van der Waals surface area contributed by atoms with Gasteiger partial charge in [-0.3, -0.25) is 4.52 Å². The van der Waals surface area contributed by atoms with Crippen molar-refractivity contribution in [3.63, 3.8) is 0 Å². The van der Waals surface area contributed by atoms with Crippen LogP contribution in [0.1, 0.15) is 53.7 Å². The first kappa shape index (κ1) is 12.0. The van der Waals surface area contributed by atoms with Gasteiger partial charge >= 0.3 is 7.60 Å². The highest BCUT2D eigenvalue weighted by molar-refractivity contribution is 7.54. The molecule has 2 atom stereocenters. The molecular formula is C15H23O3P. The smallest absolute Gasteiger partial charge is 0.379 e. The van der Waals surface area contributed by atoms with Crippen molar-refractivity contribution in [2.24, 2.45) is 0 Å². The summed E-state index contributed by atoms with van der Waals surface area (Å²) in [5.74, 6) is 0.680. The van der Waals surface area contributed by atoms with Gasteiger partial charge in [-0.15, -0.1) is 0 Å². The van der Waals surface area contributed by atoms with Crippen LogP contribution in [-0.4, -0.2) is 6.16 Å². The van der Waals surface area contributed by atoms with E-state index in [1.807, 2.05) is 24.3 Å². The van der Waals surface area contributed by atoms with Crippen molar-refractivity contribution >= 4 is 7.60 Å². The zero-order chi connectivity index (χ0) is 15.1. The molecule has 1 aromatic carbocycles. The highest BCUT2D eigenvalue weighted by Crippen LogP contribution is 2.53. The second kappa shape index (κ2) is 7.12. The number of unbranched alkanes of at least 4 members (excludes halogenated alkanes) is 3. The van der Waals surface area contributed by atoms with Crippen LogP contribution in [0.25, 0.3) is 0 Å². The summed E-state index contributed by atoms with van der Waals surface area (Å²) in [6.07, 6.45) is 4.70. The molecule has 0 fully saturated rings. The SMILES string of the molecule is [3H]CC([3H])CCCCCCP1(=O)OCc2ccccc2O1. The highest BCUT2D eigenvalue weighted by atomic mass is 31.2. The summed E-state index contributed by atoms with van der Waals surface area (Å²) >= 11 is 0. The van der Waals surface area contributed by atoms with Gasteiger partial charge in [-0.05, 0) is 12.5 Å². The minimum atomic E-state index is -2.99. The quantitative estimate of drug-likeness (QED) is 0.513. The number of hydrogen-bond acceptors (Lipinski definition) is 3. The van der Waals surface area contributed by atoms with Crippen molar-refractivity contribution in [3.8, 4) is 5.75 Å². The van der Waals surface area contributed by atoms with Gasteiger partial charge < -0.3 is 4.52 Å². The van der Waals surface area contributed by atoms with Crippen molar-refractivity contribution in [2.45, 2.75) is 52.0 Å². The van der Waals surface area contributed by atoms with Crippen molar-refractivity contribution < 1.29 is 16.4 Å². The summed E-state index contributed by atoms with van der Waals surface area (Å²) < 4.78 is 38.1. The first-order valence-electron chi connectivity index (χ1n) is 8.14. The molecule has 4 heteroatoms. The van der Waals surface area contributed by atoms with Crippen LogP contribution < -0.4 is 4.52 Å². The van der Waals surface area contributed by atoms with Crippen LogP contribution >= 0.6 is 7.60 Å². The molecule has 19 heavy (non-hydrogen) atoms. The molecule has 106 valence electrons. The Kier molecular flexibility index (Phi) is 4.49. The molecule has 1 heterocycles. The molecule has 0 saturated heterocycles. The van der Waals surface area contributed by atoms with Gasteiger partial charge in [0, 0.05) is 8.30 Å². The zero-order valence-corrected chi connectivity index (χ0v) is 12.1. The first-order chi connectivity index (χ1) is 10.1. The number of benzene rings is 1. The van der Waals surface area contributed by atoms with E-state index in [-0.39, 0.29) is 13.3 Å². The molecule has 1 aliphatic rings. The summed E-state index contributed by atoms with van der Waals surface area (Å²) in [7, 11) is -2.99. The minimum Gasteiger partial charge on any atom is -0.424 e. The van der Waals surface area contributed by atoms with Gasteiger partial charge in [0.05, 0.1) is 12.8 Å². The topological polar surface area (TPSA) is 35.5 Å². The Bertz CT molecular complexity index is 496. The first-order valence-corrected chi connectivity index (χ1v) is 8.58. The second-order valence-corrected chi connectivity index (χ2v) is 6.91. The summed E-state index contributed by atoms with van der Waals surface area (Å²) in [6.45, 7) is 0.535. The Morgan fingerprint density at radius 3 is 2.95 bits per heavy atom. The van der Waals surface area contributed by atoms with Crippen LogP contribution in [0.15, 0.2) is 24.3 Å². The van der Waals surface area contributed by atoms with Crippen LogP contribution in [0.5, 0.6) is 5.75 Å². The third-order valence-electron chi connectivity index (χ3n) is 3.22. The molecule has 2 rings (SSSR count). The van der Waals surface area contributed by atoms with Crippen molar-refractivity contribution in [2.75, 3.05) is 6.16 Å². The van der Waals surface area contributed by atoms with Gasteiger partial charge in [-0.1, -0.05) is 57.2 Å². The summed E-state index contributed by atoms with van der Waals surface area (Å²) in [5, 5.41) is 0. The molecule has 1 aliphatic heterocycles. The minimum absolute atomic E-state index is 0.177. The lowest BCUT2D eigenvalue weighted by Crippen LogP contribution is -2.09. The van der Waals surface area contributed by atoms with E-state index in [2.05, 4.69) is 0 Å². The van der Waals surface area contributed by atoms with Crippen LogP contribution in [0.4, 0.5) is 0 Å². The monoisotopic (exact) mass is 286 g/mol. The fourth-order valence-corrected chi connectivity index (χ4v) is 3.81. The molecule has 0 radical (unpaired) electrons. The molecule has 0 spiro atoms. The van der Waals surface area contributed by atoms with Gasteiger partial charge in [-0.25, -0.2) is 4.57 Å². The molecule has 0 aliphatic carbocycles. The Morgan fingerprint density at radius 1 is 1.26 bits per heavy atom. The number of fused-ring (bicyclic) bond motifs is 1. The average molecular weight is 286 g/mol. The van der Waals surface area contributed by atoms with Gasteiger partial charge in [0.1, 0.15) is 5.75 Å². The third-order valence-corrected chi connectivity index (χ3v) is 5.08. The van der Waals surface area contributed by atoms with E-state index in [0.717, 1.165) is 37.7 Å². The second-order valence-electron chi connectivity index (χ2n) is 4.80. The normalized spacial score (nSPS) is 24.8. The summed E-state index contributed by atoms with van der Waals surface area (Å²) in [4.78, 5) is 0. The lowest BCUT2D eigenvalue weighted by molar-refractivity contribution is 0.231. The largest absolute Gasteiger partial charge is 0.424 e. The molecule has 3 nitrogen and oxygen atoms in total. The van der Waals surface area contributed by atoms with E-state index in [1.54, 1.807) is 0 Å². The van der Waals surface area contributed by atoms with Crippen LogP contribution in [-0.2, 0) is 15.7 Å². The molecule has 0 N–H and O–H groups in total. The van der Waals surface area contributed by atoms with Gasteiger partial charge in [0.15, 0.2) is 0 Å². The predicted octanol–water partition coefficient (Wildman–Crippen LogP) is 5.15.